The highest BCUT2D eigenvalue weighted by Gasteiger charge is 2.29. The Morgan fingerprint density at radius 3 is 2.78 bits per heavy atom. The van der Waals surface area contributed by atoms with Crippen molar-refractivity contribution in [2.24, 2.45) is 0 Å². The molecule has 0 saturated carbocycles. The summed E-state index contributed by atoms with van der Waals surface area (Å²) in [6.45, 7) is 8.32. The molecule has 2 aromatic carbocycles. The minimum Gasteiger partial charge on any atom is -0.363 e. The third-order valence-electron chi connectivity index (χ3n) is 7.65. The van der Waals surface area contributed by atoms with Gasteiger partial charge in [0.05, 0.1) is 0 Å². The molecule has 2 heterocycles. The van der Waals surface area contributed by atoms with Crippen molar-refractivity contribution < 1.29 is 10.0 Å². The lowest BCUT2D eigenvalue weighted by Gasteiger charge is -2.30. The van der Waals surface area contributed by atoms with E-state index in [1.165, 1.54) is 56.1 Å². The average molecular weight is 483 g/mol. The van der Waals surface area contributed by atoms with Crippen LogP contribution in [0.2, 0.25) is 0 Å². The first-order valence-corrected chi connectivity index (χ1v) is 12.6. The quantitative estimate of drug-likeness (QED) is 0.148. The summed E-state index contributed by atoms with van der Waals surface area (Å²) in [5, 5.41) is 10.0. The zero-order chi connectivity index (χ0) is 25.2. The van der Waals surface area contributed by atoms with Gasteiger partial charge in [0.25, 0.3) is 5.91 Å². The van der Waals surface area contributed by atoms with Crippen LogP contribution in [0, 0.1) is 20.8 Å². The molecular weight excluding hydrogens is 448 g/mol. The largest absolute Gasteiger partial charge is 0.363 e. The molecule has 6 nitrogen and oxygen atoms in total. The highest BCUT2D eigenvalue weighted by molar-refractivity contribution is 5.90. The number of amides is 1. The number of rotatable bonds is 8. The molecule has 0 aliphatic heterocycles. The number of benzene rings is 2. The number of fused-ring (bicyclic) bond motifs is 2. The summed E-state index contributed by atoms with van der Waals surface area (Å²) in [6.07, 6.45) is 10.4. The normalized spacial score (nSPS) is 15.3. The molecule has 4 N–H and O–H groups in total. The molecule has 1 aliphatic carbocycles. The van der Waals surface area contributed by atoms with E-state index in [1.54, 1.807) is 11.6 Å². The van der Waals surface area contributed by atoms with Gasteiger partial charge in [-0.15, -0.1) is 0 Å². The average Bonchev–Trinajstić information content (AvgIpc) is 3.57. The number of aromatic amines is 2. The van der Waals surface area contributed by atoms with Gasteiger partial charge in [0.2, 0.25) is 0 Å². The lowest BCUT2D eigenvalue weighted by Crippen LogP contribution is -2.29. The summed E-state index contributed by atoms with van der Waals surface area (Å²) in [5.41, 5.74) is 13.1. The van der Waals surface area contributed by atoms with Gasteiger partial charge in [0.1, 0.15) is 0 Å². The molecule has 6 heteroatoms. The number of aryl methyl sites for hydroxylation is 3. The summed E-state index contributed by atoms with van der Waals surface area (Å²) in [6, 6.07) is 13.4. The van der Waals surface area contributed by atoms with Gasteiger partial charge in [-0.3, -0.25) is 14.9 Å². The zero-order valence-corrected chi connectivity index (χ0v) is 21.2. The van der Waals surface area contributed by atoms with E-state index in [4.69, 9.17) is 5.21 Å². The molecular formula is C30H34N4O2. The van der Waals surface area contributed by atoms with E-state index in [0.29, 0.717) is 6.04 Å². The predicted molar refractivity (Wildman–Crippen MR) is 144 cm³/mol. The Labute approximate surface area is 212 Å². The molecule has 4 aromatic rings. The van der Waals surface area contributed by atoms with E-state index in [-0.39, 0.29) is 0 Å². The Morgan fingerprint density at radius 1 is 1.14 bits per heavy atom. The molecule has 2 aromatic heterocycles. The van der Waals surface area contributed by atoms with E-state index >= 15 is 0 Å². The van der Waals surface area contributed by atoms with Crippen LogP contribution in [-0.2, 0) is 24.2 Å². The predicted octanol–water partition coefficient (Wildman–Crippen LogP) is 5.67. The number of hydrogen-bond donors (Lipinski definition) is 4. The van der Waals surface area contributed by atoms with E-state index in [2.05, 4.69) is 84.4 Å². The summed E-state index contributed by atoms with van der Waals surface area (Å²) < 4.78 is 0. The van der Waals surface area contributed by atoms with E-state index in [9.17, 15) is 4.79 Å². The first-order chi connectivity index (χ1) is 17.4. The number of hydrogen-bond acceptors (Lipinski definition) is 3. The van der Waals surface area contributed by atoms with Gasteiger partial charge < -0.3 is 9.97 Å². The summed E-state index contributed by atoms with van der Waals surface area (Å²) in [5.74, 6) is -0.524. The molecule has 186 valence electrons. The Hall–Kier alpha value is -3.61. The summed E-state index contributed by atoms with van der Waals surface area (Å²) in [7, 11) is 0. The lowest BCUT2D eigenvalue weighted by molar-refractivity contribution is -0.124. The van der Waals surface area contributed by atoms with Crippen molar-refractivity contribution in [1.82, 2.24) is 20.3 Å². The molecule has 1 atom stereocenters. The number of carbonyl (C=O) groups excluding carboxylic acids is 1. The lowest BCUT2D eigenvalue weighted by atomic mass is 10.0. The molecule has 0 radical (unpaired) electrons. The second-order valence-electron chi connectivity index (χ2n) is 9.98. The van der Waals surface area contributed by atoms with Crippen LogP contribution in [0.5, 0.6) is 0 Å². The van der Waals surface area contributed by atoms with Crippen LogP contribution in [-0.4, -0.2) is 32.5 Å². The maximum atomic E-state index is 11.4. The van der Waals surface area contributed by atoms with Crippen molar-refractivity contribution in [1.29, 1.82) is 0 Å². The Balaban J connectivity index is 1.41. The van der Waals surface area contributed by atoms with Gasteiger partial charge in [-0.05, 0) is 91.1 Å². The fraction of sp³-hybridized carbons (Fsp3) is 0.300. The van der Waals surface area contributed by atoms with Gasteiger partial charge in [0.15, 0.2) is 0 Å². The SMILES string of the molecule is Cc1ccc2c(CCN(Cc3[nH]cc(C)c3C)C3CCc4cc(/C=C/C(=O)NO)ccc43)c[nH]c2c1. The summed E-state index contributed by atoms with van der Waals surface area (Å²) in [4.78, 5) is 21.0. The van der Waals surface area contributed by atoms with Crippen molar-refractivity contribution in [2.75, 3.05) is 6.54 Å². The monoisotopic (exact) mass is 482 g/mol. The van der Waals surface area contributed by atoms with Crippen LogP contribution in [0.3, 0.4) is 0 Å². The van der Waals surface area contributed by atoms with Gasteiger partial charge in [0, 0.05) is 54.2 Å². The minimum absolute atomic E-state index is 0.342. The highest BCUT2D eigenvalue weighted by Crippen LogP contribution is 2.38. The molecule has 5 rings (SSSR count). The molecule has 0 fully saturated rings. The van der Waals surface area contributed by atoms with Crippen molar-refractivity contribution in [2.45, 2.75) is 52.6 Å². The van der Waals surface area contributed by atoms with Crippen LogP contribution in [0.25, 0.3) is 17.0 Å². The minimum atomic E-state index is -0.524. The number of hydroxylamine groups is 1. The fourth-order valence-electron chi connectivity index (χ4n) is 5.44. The molecule has 36 heavy (non-hydrogen) atoms. The third kappa shape index (κ3) is 4.87. The second-order valence-corrected chi connectivity index (χ2v) is 9.98. The number of aromatic nitrogens is 2. The molecule has 1 unspecified atom stereocenters. The molecule has 0 saturated heterocycles. The topological polar surface area (TPSA) is 84.2 Å². The van der Waals surface area contributed by atoms with Crippen LogP contribution >= 0.6 is 0 Å². The Kier molecular flexibility index (Phi) is 6.81. The maximum absolute atomic E-state index is 11.4. The van der Waals surface area contributed by atoms with Crippen LogP contribution in [0.1, 0.15) is 57.1 Å². The van der Waals surface area contributed by atoms with Gasteiger partial charge in [-0.1, -0.05) is 30.3 Å². The number of nitrogens with one attached hydrogen (secondary N) is 3. The van der Waals surface area contributed by atoms with E-state index in [0.717, 1.165) is 37.9 Å². The van der Waals surface area contributed by atoms with Gasteiger partial charge in [-0.25, -0.2) is 5.48 Å². The molecule has 0 spiro atoms. The molecule has 1 amide bonds. The van der Waals surface area contributed by atoms with Crippen molar-refractivity contribution >= 4 is 22.9 Å². The van der Waals surface area contributed by atoms with Crippen molar-refractivity contribution in [3.05, 3.63) is 99.5 Å². The number of carbonyl (C=O) groups is 1. The first-order valence-electron chi connectivity index (χ1n) is 12.6. The first kappa shape index (κ1) is 24.1. The van der Waals surface area contributed by atoms with E-state index in [1.807, 2.05) is 0 Å². The van der Waals surface area contributed by atoms with Crippen molar-refractivity contribution in [3.8, 4) is 0 Å². The highest BCUT2D eigenvalue weighted by atomic mass is 16.5. The fourth-order valence-corrected chi connectivity index (χ4v) is 5.44. The smallest absolute Gasteiger partial charge is 0.267 e. The third-order valence-corrected chi connectivity index (χ3v) is 7.65. The van der Waals surface area contributed by atoms with Gasteiger partial charge >= 0.3 is 0 Å². The standard InChI is InChI=1S/C30H34N4O2/c1-19-4-8-25-24(17-32-27(25)14-19)12-13-34(18-28-21(3)20(2)16-31-28)29-10-7-23-15-22(5-9-26(23)29)6-11-30(35)33-36/h4-6,8-9,11,14-17,29,31-32,36H,7,10,12-13,18H2,1-3H3,(H,33,35)/b11-6+. The summed E-state index contributed by atoms with van der Waals surface area (Å²) >= 11 is 0. The molecule has 1 aliphatic rings. The number of nitrogens with zero attached hydrogens (tertiary/aromatic N) is 1. The number of H-pyrrole nitrogens is 2. The van der Waals surface area contributed by atoms with Crippen LogP contribution in [0.15, 0.2) is 54.9 Å². The van der Waals surface area contributed by atoms with E-state index < -0.39 is 5.91 Å². The second kappa shape index (κ2) is 10.2. The van der Waals surface area contributed by atoms with Crippen LogP contribution in [0.4, 0.5) is 0 Å². The maximum Gasteiger partial charge on any atom is 0.267 e. The zero-order valence-electron chi connectivity index (χ0n) is 21.2. The molecule has 0 bridgehead atoms. The van der Waals surface area contributed by atoms with Crippen molar-refractivity contribution in [3.63, 3.8) is 0 Å². The Morgan fingerprint density at radius 2 is 2.00 bits per heavy atom. The van der Waals surface area contributed by atoms with Gasteiger partial charge in [-0.2, -0.15) is 0 Å². The Bertz CT molecular complexity index is 1430. The van der Waals surface area contributed by atoms with Crippen LogP contribution < -0.4 is 5.48 Å².